The maximum Gasteiger partial charge on any atom is 0.227 e. The number of rotatable bonds is 7. The fourth-order valence-corrected chi connectivity index (χ4v) is 3.75. The first-order valence-electron chi connectivity index (χ1n) is 10.6. The third-order valence-corrected chi connectivity index (χ3v) is 5.32. The van der Waals surface area contributed by atoms with Crippen LogP contribution in [0.25, 0.3) is 0 Å². The average Bonchev–Trinajstić information content (AvgIpc) is 3.15. The Bertz CT molecular complexity index is 857. The van der Waals surface area contributed by atoms with Crippen molar-refractivity contribution in [2.75, 3.05) is 39.3 Å². The first kappa shape index (κ1) is 22.2. The highest BCUT2D eigenvalue weighted by Crippen LogP contribution is 2.13. The van der Waals surface area contributed by atoms with Crippen LogP contribution in [0, 0.1) is 6.92 Å². The minimum Gasteiger partial charge on any atom is -0.357 e. The van der Waals surface area contributed by atoms with Crippen LogP contribution in [0.4, 0.5) is 0 Å². The molecule has 3 rings (SSSR count). The Morgan fingerprint density at radius 3 is 2.67 bits per heavy atom. The maximum absolute atomic E-state index is 12.6. The molecule has 1 saturated heterocycles. The second-order valence-corrected chi connectivity index (χ2v) is 7.98. The zero-order chi connectivity index (χ0) is 21.3. The number of aromatic nitrogens is 2. The molecule has 0 aliphatic carbocycles. The van der Waals surface area contributed by atoms with E-state index in [4.69, 9.17) is 16.6 Å². The number of aryl methyl sites for hydroxylation is 2. The number of nitrogens with zero attached hydrogens (tertiary/aromatic N) is 5. The Kier molecular flexibility index (Phi) is 8.13. The number of hydrogen-bond donors (Lipinski definition) is 1. The van der Waals surface area contributed by atoms with Crippen LogP contribution >= 0.6 is 11.6 Å². The molecule has 7 nitrogen and oxygen atoms in total. The highest BCUT2D eigenvalue weighted by atomic mass is 35.5. The molecule has 1 fully saturated rings. The Balaban J connectivity index is 1.47. The molecular formula is C22H31ClN6O. The summed E-state index contributed by atoms with van der Waals surface area (Å²) >= 11 is 6.03. The number of piperazine rings is 1. The van der Waals surface area contributed by atoms with Crippen molar-refractivity contribution in [1.29, 1.82) is 0 Å². The lowest BCUT2D eigenvalue weighted by Gasteiger charge is -2.36. The third kappa shape index (κ3) is 6.49. The third-order valence-electron chi connectivity index (χ3n) is 5.08. The summed E-state index contributed by atoms with van der Waals surface area (Å²) in [6, 6.07) is 7.51. The zero-order valence-corrected chi connectivity index (χ0v) is 18.6. The Morgan fingerprint density at radius 1 is 1.23 bits per heavy atom. The Labute approximate surface area is 183 Å². The van der Waals surface area contributed by atoms with E-state index in [0.29, 0.717) is 24.5 Å². The van der Waals surface area contributed by atoms with Crippen molar-refractivity contribution in [3.8, 4) is 0 Å². The topological polar surface area (TPSA) is 65.8 Å². The van der Waals surface area contributed by atoms with E-state index in [1.165, 1.54) is 5.56 Å². The molecule has 162 valence electrons. The van der Waals surface area contributed by atoms with Crippen LogP contribution in [-0.2, 0) is 17.8 Å². The molecule has 0 spiro atoms. The molecule has 1 aromatic heterocycles. The number of aliphatic imine (C=N–C) groups is 1. The minimum absolute atomic E-state index is 0.147. The second-order valence-electron chi connectivity index (χ2n) is 7.54. The van der Waals surface area contributed by atoms with Crippen LogP contribution in [0.2, 0.25) is 5.02 Å². The smallest absolute Gasteiger partial charge is 0.227 e. The summed E-state index contributed by atoms with van der Waals surface area (Å²) in [7, 11) is 0. The van der Waals surface area contributed by atoms with E-state index < -0.39 is 0 Å². The van der Waals surface area contributed by atoms with Crippen molar-refractivity contribution < 1.29 is 4.79 Å². The fraction of sp³-hybridized carbons (Fsp3) is 0.500. The number of carbonyl (C=O) groups excluding carboxylic acids is 1. The molecule has 0 saturated carbocycles. The van der Waals surface area contributed by atoms with Gasteiger partial charge < -0.3 is 15.1 Å². The highest BCUT2D eigenvalue weighted by molar-refractivity contribution is 6.30. The largest absolute Gasteiger partial charge is 0.357 e. The van der Waals surface area contributed by atoms with Crippen LogP contribution in [0.15, 0.2) is 41.7 Å². The molecule has 2 aromatic rings. The highest BCUT2D eigenvalue weighted by Gasteiger charge is 2.23. The monoisotopic (exact) mass is 430 g/mol. The SMILES string of the molecule is CCNC(=NCCCn1cc(C)cn1)N1CCN(C(=O)Cc2cccc(Cl)c2)CC1. The summed E-state index contributed by atoms with van der Waals surface area (Å²) in [5.74, 6) is 1.07. The predicted molar refractivity (Wildman–Crippen MR) is 121 cm³/mol. The lowest BCUT2D eigenvalue weighted by atomic mass is 10.1. The van der Waals surface area contributed by atoms with E-state index in [1.54, 1.807) is 0 Å². The van der Waals surface area contributed by atoms with Gasteiger partial charge in [-0.05, 0) is 43.5 Å². The van der Waals surface area contributed by atoms with Crippen molar-refractivity contribution >= 4 is 23.5 Å². The minimum atomic E-state index is 0.147. The number of nitrogens with one attached hydrogen (secondary N) is 1. The quantitative estimate of drug-likeness (QED) is 0.416. The van der Waals surface area contributed by atoms with E-state index in [0.717, 1.165) is 50.7 Å². The number of amides is 1. The van der Waals surface area contributed by atoms with E-state index in [2.05, 4.69) is 28.4 Å². The van der Waals surface area contributed by atoms with Gasteiger partial charge in [0.15, 0.2) is 5.96 Å². The predicted octanol–water partition coefficient (Wildman–Crippen LogP) is 2.59. The van der Waals surface area contributed by atoms with Gasteiger partial charge in [-0.25, -0.2) is 0 Å². The molecule has 1 aromatic carbocycles. The van der Waals surface area contributed by atoms with Gasteiger partial charge in [0.25, 0.3) is 0 Å². The Hall–Kier alpha value is -2.54. The summed E-state index contributed by atoms with van der Waals surface area (Å²) in [5.41, 5.74) is 2.13. The van der Waals surface area contributed by atoms with Gasteiger partial charge in [-0.15, -0.1) is 0 Å². The van der Waals surface area contributed by atoms with Gasteiger partial charge in [0.1, 0.15) is 0 Å². The van der Waals surface area contributed by atoms with Crippen LogP contribution in [-0.4, -0.2) is 70.7 Å². The van der Waals surface area contributed by atoms with E-state index in [-0.39, 0.29) is 5.91 Å². The van der Waals surface area contributed by atoms with Gasteiger partial charge in [0.05, 0.1) is 12.6 Å². The zero-order valence-electron chi connectivity index (χ0n) is 17.9. The summed E-state index contributed by atoms with van der Waals surface area (Å²) in [4.78, 5) is 21.6. The molecule has 0 unspecified atom stereocenters. The molecule has 2 heterocycles. The molecule has 8 heteroatoms. The molecular weight excluding hydrogens is 400 g/mol. The standard InChI is InChI=1S/C22H31ClN6O/c1-3-24-22(25-8-5-9-29-17-18(2)16-26-29)28-12-10-27(11-13-28)21(30)15-19-6-4-7-20(23)14-19/h4,6-7,14,16-17H,3,5,8-13,15H2,1-2H3,(H,24,25). The van der Waals surface area contributed by atoms with Crippen molar-refractivity contribution in [2.24, 2.45) is 4.99 Å². The molecule has 0 atom stereocenters. The molecule has 1 aliphatic rings. The average molecular weight is 431 g/mol. The van der Waals surface area contributed by atoms with Crippen LogP contribution < -0.4 is 5.32 Å². The maximum atomic E-state index is 12.6. The number of guanidine groups is 1. The van der Waals surface area contributed by atoms with Crippen molar-refractivity contribution in [1.82, 2.24) is 24.9 Å². The van der Waals surface area contributed by atoms with Crippen LogP contribution in [0.1, 0.15) is 24.5 Å². The van der Waals surface area contributed by atoms with E-state index >= 15 is 0 Å². The molecule has 1 N–H and O–H groups in total. The molecule has 1 amide bonds. The summed E-state index contributed by atoms with van der Waals surface area (Å²) in [5, 5.41) is 8.36. The van der Waals surface area contributed by atoms with Crippen molar-refractivity contribution in [3.05, 3.63) is 52.8 Å². The van der Waals surface area contributed by atoms with Gasteiger partial charge in [-0.1, -0.05) is 23.7 Å². The van der Waals surface area contributed by atoms with Crippen LogP contribution in [0.5, 0.6) is 0 Å². The summed E-state index contributed by atoms with van der Waals surface area (Å²) in [6.45, 7) is 9.53. The van der Waals surface area contributed by atoms with E-state index in [1.807, 2.05) is 47.0 Å². The van der Waals surface area contributed by atoms with Gasteiger partial charge in [-0.2, -0.15) is 5.10 Å². The Morgan fingerprint density at radius 2 is 2.00 bits per heavy atom. The first-order valence-corrected chi connectivity index (χ1v) is 11.0. The number of hydrogen-bond acceptors (Lipinski definition) is 3. The number of halogens is 1. The normalized spacial score (nSPS) is 14.8. The number of carbonyl (C=O) groups is 1. The second kappa shape index (κ2) is 11.0. The fourth-order valence-electron chi connectivity index (χ4n) is 3.53. The van der Waals surface area contributed by atoms with Crippen molar-refractivity contribution in [2.45, 2.75) is 33.2 Å². The molecule has 0 radical (unpaired) electrons. The number of benzene rings is 1. The molecule has 1 aliphatic heterocycles. The lowest BCUT2D eigenvalue weighted by Crippen LogP contribution is -2.54. The lowest BCUT2D eigenvalue weighted by molar-refractivity contribution is -0.131. The van der Waals surface area contributed by atoms with Gasteiger partial charge in [0.2, 0.25) is 5.91 Å². The molecule has 0 bridgehead atoms. The van der Waals surface area contributed by atoms with Crippen molar-refractivity contribution in [3.63, 3.8) is 0 Å². The van der Waals surface area contributed by atoms with Gasteiger partial charge in [-0.3, -0.25) is 14.5 Å². The summed E-state index contributed by atoms with van der Waals surface area (Å²) in [6.07, 6.45) is 5.25. The van der Waals surface area contributed by atoms with E-state index in [9.17, 15) is 4.79 Å². The van der Waals surface area contributed by atoms with Crippen LogP contribution in [0.3, 0.4) is 0 Å². The van der Waals surface area contributed by atoms with Gasteiger partial charge in [0, 0.05) is 57.0 Å². The summed E-state index contributed by atoms with van der Waals surface area (Å²) < 4.78 is 1.96. The molecule has 30 heavy (non-hydrogen) atoms. The first-order chi connectivity index (χ1) is 14.5. The van der Waals surface area contributed by atoms with Gasteiger partial charge >= 0.3 is 0 Å².